The number of nitrogens with one attached hydrogen (secondary N) is 2. The van der Waals surface area contributed by atoms with Crippen molar-refractivity contribution in [2.75, 3.05) is 0 Å². The zero-order chi connectivity index (χ0) is 11.5. The number of hydrogen-bond donors (Lipinski definition) is 2. The van der Waals surface area contributed by atoms with E-state index in [9.17, 15) is 4.79 Å². The van der Waals surface area contributed by atoms with Gasteiger partial charge in [-0.1, -0.05) is 0 Å². The Morgan fingerprint density at radius 1 is 1.56 bits per heavy atom. The summed E-state index contributed by atoms with van der Waals surface area (Å²) in [4.78, 5) is 22.6. The summed E-state index contributed by atoms with van der Waals surface area (Å²) in [5.41, 5.74) is 0.465. The highest BCUT2D eigenvalue weighted by Gasteiger charge is 2.08. The van der Waals surface area contributed by atoms with Gasteiger partial charge in [0.25, 0.3) is 5.91 Å². The highest BCUT2D eigenvalue weighted by Crippen LogP contribution is 1.97. The molecule has 6 heteroatoms. The van der Waals surface area contributed by atoms with Crippen LogP contribution in [0.25, 0.3) is 0 Å². The van der Waals surface area contributed by atoms with Crippen molar-refractivity contribution in [1.29, 1.82) is 0 Å². The standard InChI is InChI=1S/C10H13N5O/c1-7-12-5-8(14-7)10(16)13-6-9-11-3-4-15(9)2/h3-5H,6H2,1-2H3,(H,12,14)(H,13,16). The molecule has 0 aliphatic rings. The van der Waals surface area contributed by atoms with Gasteiger partial charge in [0, 0.05) is 19.4 Å². The Bertz CT molecular complexity index is 499. The molecular formula is C10H13N5O. The lowest BCUT2D eigenvalue weighted by molar-refractivity contribution is 0.0945. The van der Waals surface area contributed by atoms with Gasteiger partial charge >= 0.3 is 0 Å². The van der Waals surface area contributed by atoms with Crippen molar-refractivity contribution >= 4 is 5.91 Å². The molecule has 2 rings (SSSR count). The molecule has 6 nitrogen and oxygen atoms in total. The molecule has 2 heterocycles. The second-order valence-corrected chi connectivity index (χ2v) is 3.52. The second-order valence-electron chi connectivity index (χ2n) is 3.52. The van der Waals surface area contributed by atoms with Gasteiger partial charge in [-0.05, 0) is 6.92 Å². The number of carbonyl (C=O) groups is 1. The van der Waals surface area contributed by atoms with Crippen molar-refractivity contribution in [3.63, 3.8) is 0 Å². The van der Waals surface area contributed by atoms with Gasteiger partial charge < -0.3 is 14.9 Å². The summed E-state index contributed by atoms with van der Waals surface area (Å²) in [5.74, 6) is 1.36. The number of H-pyrrole nitrogens is 1. The number of imidazole rings is 2. The maximum atomic E-state index is 11.6. The van der Waals surface area contributed by atoms with Crippen molar-refractivity contribution < 1.29 is 4.79 Å². The van der Waals surface area contributed by atoms with Crippen LogP contribution in [-0.4, -0.2) is 25.4 Å². The van der Waals surface area contributed by atoms with Crippen molar-refractivity contribution in [2.45, 2.75) is 13.5 Å². The highest BCUT2D eigenvalue weighted by molar-refractivity contribution is 5.91. The van der Waals surface area contributed by atoms with Crippen LogP contribution in [0.1, 0.15) is 22.1 Å². The molecule has 0 radical (unpaired) electrons. The third-order valence-corrected chi connectivity index (χ3v) is 2.28. The number of aromatic amines is 1. The predicted octanol–water partition coefficient (Wildman–Crippen LogP) is 0.382. The Balaban J connectivity index is 1.96. The fourth-order valence-corrected chi connectivity index (χ4v) is 1.36. The topological polar surface area (TPSA) is 75.6 Å². The zero-order valence-electron chi connectivity index (χ0n) is 9.19. The molecule has 0 saturated heterocycles. The van der Waals surface area contributed by atoms with Gasteiger partial charge in [-0.2, -0.15) is 0 Å². The van der Waals surface area contributed by atoms with Gasteiger partial charge in [0.2, 0.25) is 0 Å². The van der Waals surface area contributed by atoms with E-state index in [-0.39, 0.29) is 5.91 Å². The first-order chi connectivity index (χ1) is 7.66. The Hall–Kier alpha value is -2.11. The van der Waals surface area contributed by atoms with Crippen LogP contribution in [0, 0.1) is 6.92 Å². The third-order valence-electron chi connectivity index (χ3n) is 2.28. The molecule has 16 heavy (non-hydrogen) atoms. The first kappa shape index (κ1) is 10.4. The first-order valence-electron chi connectivity index (χ1n) is 4.93. The molecule has 84 valence electrons. The number of carbonyl (C=O) groups excluding carboxylic acids is 1. The first-order valence-corrected chi connectivity index (χ1v) is 4.93. The van der Waals surface area contributed by atoms with Crippen molar-refractivity contribution in [3.8, 4) is 0 Å². The molecule has 0 bridgehead atoms. The molecule has 1 amide bonds. The van der Waals surface area contributed by atoms with E-state index in [4.69, 9.17) is 0 Å². The van der Waals surface area contributed by atoms with Gasteiger partial charge in [0.15, 0.2) is 0 Å². The predicted molar refractivity (Wildman–Crippen MR) is 57.7 cm³/mol. The fraction of sp³-hybridized carbons (Fsp3) is 0.300. The van der Waals surface area contributed by atoms with E-state index in [0.717, 1.165) is 11.6 Å². The maximum absolute atomic E-state index is 11.6. The molecule has 0 atom stereocenters. The molecule has 0 spiro atoms. The Morgan fingerprint density at radius 3 is 2.94 bits per heavy atom. The van der Waals surface area contributed by atoms with E-state index >= 15 is 0 Å². The third kappa shape index (κ3) is 2.10. The summed E-state index contributed by atoms with van der Waals surface area (Å²) >= 11 is 0. The second kappa shape index (κ2) is 4.18. The number of hydrogen-bond acceptors (Lipinski definition) is 3. The van der Waals surface area contributed by atoms with Gasteiger partial charge in [-0.25, -0.2) is 9.97 Å². The molecular weight excluding hydrogens is 206 g/mol. The molecule has 2 N–H and O–H groups in total. The SMILES string of the molecule is Cc1ncc(C(=O)NCc2nccn2C)[nH]1. The van der Waals surface area contributed by atoms with E-state index in [0.29, 0.717) is 12.2 Å². The van der Waals surface area contributed by atoms with Crippen LogP contribution in [0.15, 0.2) is 18.6 Å². The van der Waals surface area contributed by atoms with Crippen LogP contribution in [0.2, 0.25) is 0 Å². The fourth-order valence-electron chi connectivity index (χ4n) is 1.36. The average molecular weight is 219 g/mol. The highest BCUT2D eigenvalue weighted by atomic mass is 16.1. The lowest BCUT2D eigenvalue weighted by atomic mass is 10.4. The zero-order valence-corrected chi connectivity index (χ0v) is 9.19. The van der Waals surface area contributed by atoms with Crippen LogP contribution in [0.5, 0.6) is 0 Å². The monoisotopic (exact) mass is 219 g/mol. The summed E-state index contributed by atoms with van der Waals surface area (Å²) in [6.45, 7) is 2.20. The quantitative estimate of drug-likeness (QED) is 0.783. The van der Waals surface area contributed by atoms with Crippen LogP contribution in [-0.2, 0) is 13.6 Å². The smallest absolute Gasteiger partial charge is 0.269 e. The van der Waals surface area contributed by atoms with Gasteiger partial charge in [0.1, 0.15) is 17.3 Å². The lowest BCUT2D eigenvalue weighted by Gasteiger charge is -2.03. The van der Waals surface area contributed by atoms with Crippen molar-refractivity contribution in [1.82, 2.24) is 24.8 Å². The Kier molecular flexibility index (Phi) is 2.72. The van der Waals surface area contributed by atoms with Crippen LogP contribution in [0.4, 0.5) is 0 Å². The van der Waals surface area contributed by atoms with Crippen molar-refractivity contribution in [3.05, 3.63) is 35.9 Å². The molecule has 2 aromatic rings. The van der Waals surface area contributed by atoms with E-state index < -0.39 is 0 Å². The Morgan fingerprint density at radius 2 is 2.38 bits per heavy atom. The number of amides is 1. The average Bonchev–Trinajstić information content (AvgIpc) is 2.84. The number of rotatable bonds is 3. The largest absolute Gasteiger partial charge is 0.343 e. The molecule has 0 fully saturated rings. The number of aromatic nitrogens is 4. The van der Waals surface area contributed by atoms with Crippen LogP contribution >= 0.6 is 0 Å². The minimum atomic E-state index is -0.177. The molecule has 0 unspecified atom stereocenters. The van der Waals surface area contributed by atoms with E-state index in [1.807, 2.05) is 17.8 Å². The Labute approximate surface area is 92.7 Å². The number of aryl methyl sites for hydroxylation is 2. The van der Waals surface area contributed by atoms with Gasteiger partial charge in [-0.3, -0.25) is 4.79 Å². The molecule has 2 aromatic heterocycles. The minimum absolute atomic E-state index is 0.177. The van der Waals surface area contributed by atoms with Crippen LogP contribution < -0.4 is 5.32 Å². The molecule has 0 saturated carbocycles. The summed E-state index contributed by atoms with van der Waals surface area (Å²) in [7, 11) is 1.88. The number of nitrogens with zero attached hydrogens (tertiary/aromatic N) is 3. The summed E-state index contributed by atoms with van der Waals surface area (Å²) in [6.07, 6.45) is 5.05. The van der Waals surface area contributed by atoms with Gasteiger partial charge in [0.05, 0.1) is 12.7 Å². The summed E-state index contributed by atoms with van der Waals surface area (Å²) < 4.78 is 1.86. The molecule has 0 aromatic carbocycles. The normalized spacial score (nSPS) is 10.4. The van der Waals surface area contributed by atoms with E-state index in [2.05, 4.69) is 20.3 Å². The molecule has 0 aliphatic heterocycles. The van der Waals surface area contributed by atoms with E-state index in [1.165, 1.54) is 6.20 Å². The summed E-state index contributed by atoms with van der Waals surface area (Å²) in [6, 6.07) is 0. The maximum Gasteiger partial charge on any atom is 0.269 e. The lowest BCUT2D eigenvalue weighted by Crippen LogP contribution is -2.24. The molecule has 0 aliphatic carbocycles. The van der Waals surface area contributed by atoms with Crippen molar-refractivity contribution in [2.24, 2.45) is 7.05 Å². The summed E-state index contributed by atoms with van der Waals surface area (Å²) in [5, 5.41) is 2.76. The van der Waals surface area contributed by atoms with E-state index in [1.54, 1.807) is 13.1 Å². The van der Waals surface area contributed by atoms with Gasteiger partial charge in [-0.15, -0.1) is 0 Å². The minimum Gasteiger partial charge on any atom is -0.343 e. The van der Waals surface area contributed by atoms with Crippen LogP contribution in [0.3, 0.4) is 0 Å².